The number of nitrogens with zero attached hydrogens (tertiary/aromatic N) is 1. The third-order valence-corrected chi connectivity index (χ3v) is 4.61. The number of hydrogen-bond donors (Lipinski definition) is 2. The summed E-state index contributed by atoms with van der Waals surface area (Å²) < 4.78 is 5.35. The molecule has 0 saturated carbocycles. The topological polar surface area (TPSA) is 102 Å². The number of hydrogen-bond acceptors (Lipinski definition) is 5. The highest BCUT2D eigenvalue weighted by atomic mass is 16.6. The van der Waals surface area contributed by atoms with Crippen molar-refractivity contribution in [3.63, 3.8) is 0 Å². The molecule has 2 unspecified atom stereocenters. The van der Waals surface area contributed by atoms with Crippen LogP contribution in [0.15, 0.2) is 12.2 Å². The fourth-order valence-electron chi connectivity index (χ4n) is 3.31. The normalized spacial score (nSPS) is 26.8. The molecule has 2 aliphatic heterocycles. The number of amides is 2. The second-order valence-corrected chi connectivity index (χ2v) is 6.62. The van der Waals surface area contributed by atoms with Gasteiger partial charge in [0.2, 0.25) is 5.91 Å². The molecule has 2 aliphatic rings. The molecule has 2 heterocycles. The molecule has 0 spiro atoms. The Morgan fingerprint density at radius 1 is 1.20 bits per heavy atom. The first kappa shape index (κ1) is 19.4. The number of alkyl carbamates (subject to hydrolysis) is 1. The fourth-order valence-corrected chi connectivity index (χ4v) is 3.31. The summed E-state index contributed by atoms with van der Waals surface area (Å²) in [7, 11) is 0. The van der Waals surface area contributed by atoms with E-state index in [1.807, 2.05) is 0 Å². The van der Waals surface area contributed by atoms with Crippen LogP contribution in [0.3, 0.4) is 0 Å². The summed E-state index contributed by atoms with van der Waals surface area (Å²) in [5.74, 6) is 0.0458. The summed E-state index contributed by atoms with van der Waals surface area (Å²) in [6.45, 7) is 0.963. The Kier molecular flexibility index (Phi) is 7.91. The minimum Gasteiger partial charge on any atom is -0.444 e. The lowest BCUT2D eigenvalue weighted by molar-refractivity contribution is -0.137. The molecule has 1 saturated heterocycles. The van der Waals surface area contributed by atoms with Crippen molar-refractivity contribution in [2.75, 3.05) is 19.6 Å². The minimum absolute atomic E-state index is 0.0283. The Labute approximate surface area is 148 Å². The lowest BCUT2D eigenvalue weighted by atomic mass is 10.0. The smallest absolute Gasteiger partial charge is 0.407 e. The third-order valence-electron chi connectivity index (χ3n) is 4.61. The molecule has 140 valence electrons. The first-order valence-corrected chi connectivity index (χ1v) is 9.23. The van der Waals surface area contributed by atoms with Crippen LogP contribution >= 0.6 is 0 Å². The molecule has 0 bridgehead atoms. The molecular weight excluding hydrogens is 322 g/mol. The van der Waals surface area contributed by atoms with Crippen LogP contribution in [0.4, 0.5) is 4.79 Å². The standard InChI is InChI=1S/C18H29N3O4/c19-10-11-20-18(24)25-14-12-15-16(22)8-6-4-2-1-3-5-7-9-17(23)21(15)13-14/h1,3,14-15H,2,4-13,19H2,(H,20,24)/b3-1-. The van der Waals surface area contributed by atoms with Gasteiger partial charge in [0.25, 0.3) is 0 Å². The van der Waals surface area contributed by atoms with Crippen molar-refractivity contribution in [3.8, 4) is 0 Å². The van der Waals surface area contributed by atoms with Crippen molar-refractivity contribution >= 4 is 17.8 Å². The van der Waals surface area contributed by atoms with Gasteiger partial charge in [-0.2, -0.15) is 0 Å². The van der Waals surface area contributed by atoms with E-state index in [9.17, 15) is 14.4 Å². The van der Waals surface area contributed by atoms with Crippen molar-refractivity contribution < 1.29 is 19.1 Å². The zero-order valence-corrected chi connectivity index (χ0v) is 14.7. The Balaban J connectivity index is 1.99. The van der Waals surface area contributed by atoms with Gasteiger partial charge >= 0.3 is 6.09 Å². The van der Waals surface area contributed by atoms with E-state index in [1.165, 1.54) is 0 Å². The Bertz CT molecular complexity index is 507. The molecule has 2 atom stereocenters. The van der Waals surface area contributed by atoms with Crippen molar-refractivity contribution in [1.29, 1.82) is 0 Å². The molecule has 1 fully saturated rings. The molecule has 0 aromatic carbocycles. The van der Waals surface area contributed by atoms with E-state index < -0.39 is 18.2 Å². The molecule has 0 aromatic rings. The van der Waals surface area contributed by atoms with E-state index in [0.29, 0.717) is 38.9 Å². The SMILES string of the molecule is NCCNC(=O)OC1CC2C(=O)CCCC/C=C\CCCC(=O)N2C1. The predicted molar refractivity (Wildman–Crippen MR) is 93.9 cm³/mol. The fraction of sp³-hybridized carbons (Fsp3) is 0.722. The maximum atomic E-state index is 12.6. The number of fused-ring (bicyclic) bond motifs is 1. The van der Waals surface area contributed by atoms with Crippen molar-refractivity contribution in [2.24, 2.45) is 5.73 Å². The van der Waals surface area contributed by atoms with E-state index in [1.54, 1.807) is 4.90 Å². The maximum Gasteiger partial charge on any atom is 0.407 e. The van der Waals surface area contributed by atoms with Crippen molar-refractivity contribution in [3.05, 3.63) is 12.2 Å². The monoisotopic (exact) mass is 351 g/mol. The maximum absolute atomic E-state index is 12.6. The third kappa shape index (κ3) is 6.16. The van der Waals surface area contributed by atoms with Crippen LogP contribution in [-0.2, 0) is 14.3 Å². The number of nitrogens with two attached hydrogens (primary N) is 1. The van der Waals surface area contributed by atoms with Crippen LogP contribution < -0.4 is 11.1 Å². The predicted octanol–water partition coefficient (Wildman–Crippen LogP) is 1.51. The number of carbonyl (C=O) groups is 3. The number of ketones is 1. The Hall–Kier alpha value is -1.89. The highest BCUT2D eigenvalue weighted by molar-refractivity contribution is 5.89. The largest absolute Gasteiger partial charge is 0.444 e. The average Bonchev–Trinajstić information content (AvgIpc) is 3.01. The Morgan fingerprint density at radius 2 is 1.96 bits per heavy atom. The molecule has 0 radical (unpaired) electrons. The molecule has 2 rings (SSSR count). The molecule has 0 aliphatic carbocycles. The van der Waals surface area contributed by atoms with Crippen molar-refractivity contribution in [2.45, 2.75) is 63.5 Å². The van der Waals surface area contributed by atoms with Crippen molar-refractivity contribution in [1.82, 2.24) is 10.2 Å². The van der Waals surface area contributed by atoms with E-state index in [4.69, 9.17) is 10.5 Å². The molecule has 7 heteroatoms. The molecule has 0 aromatic heterocycles. The summed E-state index contributed by atoms with van der Waals surface area (Å²) in [6.07, 6.45) is 8.96. The van der Waals surface area contributed by atoms with Crippen LogP contribution in [0.1, 0.15) is 51.4 Å². The van der Waals surface area contributed by atoms with Gasteiger partial charge in [-0.3, -0.25) is 9.59 Å². The van der Waals surface area contributed by atoms with Gasteiger partial charge < -0.3 is 20.7 Å². The van der Waals surface area contributed by atoms with E-state index in [-0.39, 0.29) is 11.7 Å². The lowest BCUT2D eigenvalue weighted by Crippen LogP contribution is -2.40. The highest BCUT2D eigenvalue weighted by Crippen LogP contribution is 2.25. The zero-order valence-electron chi connectivity index (χ0n) is 14.7. The molecular formula is C18H29N3O4. The van der Waals surface area contributed by atoms with E-state index in [0.717, 1.165) is 32.1 Å². The van der Waals surface area contributed by atoms with Crippen LogP contribution in [-0.4, -0.2) is 54.5 Å². The van der Waals surface area contributed by atoms with Crippen LogP contribution in [0.25, 0.3) is 0 Å². The van der Waals surface area contributed by atoms with E-state index in [2.05, 4.69) is 17.5 Å². The highest BCUT2D eigenvalue weighted by Gasteiger charge is 2.40. The second-order valence-electron chi connectivity index (χ2n) is 6.62. The first-order valence-electron chi connectivity index (χ1n) is 9.23. The van der Waals surface area contributed by atoms with Gasteiger partial charge in [0, 0.05) is 32.4 Å². The quantitative estimate of drug-likeness (QED) is 0.751. The van der Waals surface area contributed by atoms with Gasteiger partial charge in [0.05, 0.1) is 12.6 Å². The summed E-state index contributed by atoms with van der Waals surface area (Å²) in [6, 6.07) is -0.464. The van der Waals surface area contributed by atoms with Gasteiger partial charge in [-0.05, 0) is 32.1 Å². The van der Waals surface area contributed by atoms with Crippen LogP contribution in [0.5, 0.6) is 0 Å². The van der Waals surface area contributed by atoms with Gasteiger partial charge in [-0.15, -0.1) is 0 Å². The summed E-state index contributed by atoms with van der Waals surface area (Å²) in [5, 5.41) is 2.55. The number of rotatable bonds is 3. The van der Waals surface area contributed by atoms with Crippen LogP contribution in [0, 0.1) is 0 Å². The number of ether oxygens (including phenoxy) is 1. The number of nitrogens with one attached hydrogen (secondary N) is 1. The summed E-state index contributed by atoms with van der Waals surface area (Å²) in [5.41, 5.74) is 5.35. The van der Waals surface area contributed by atoms with Gasteiger partial charge in [-0.25, -0.2) is 4.79 Å². The number of allylic oxidation sites excluding steroid dienone is 2. The number of carbonyl (C=O) groups excluding carboxylic acids is 3. The van der Waals surface area contributed by atoms with Gasteiger partial charge in [0.1, 0.15) is 6.10 Å². The first-order chi connectivity index (χ1) is 12.1. The minimum atomic E-state index is -0.546. The summed E-state index contributed by atoms with van der Waals surface area (Å²) >= 11 is 0. The Morgan fingerprint density at radius 3 is 2.72 bits per heavy atom. The molecule has 7 nitrogen and oxygen atoms in total. The number of Topliss-reactive ketones (excluding diaryl/α,β-unsaturated/α-hetero) is 1. The van der Waals surface area contributed by atoms with Gasteiger partial charge in [0.15, 0.2) is 5.78 Å². The lowest BCUT2D eigenvalue weighted by Gasteiger charge is -2.23. The average molecular weight is 351 g/mol. The molecule has 2 amide bonds. The van der Waals surface area contributed by atoms with Crippen LogP contribution in [0.2, 0.25) is 0 Å². The zero-order chi connectivity index (χ0) is 18.1. The van der Waals surface area contributed by atoms with Gasteiger partial charge in [-0.1, -0.05) is 12.2 Å². The molecule has 25 heavy (non-hydrogen) atoms. The summed E-state index contributed by atoms with van der Waals surface area (Å²) in [4.78, 5) is 38.4. The van der Waals surface area contributed by atoms with E-state index >= 15 is 0 Å². The molecule has 3 N–H and O–H groups in total. The second kappa shape index (κ2) is 10.2.